The Morgan fingerprint density at radius 2 is 2.18 bits per heavy atom. The predicted molar refractivity (Wildman–Crippen MR) is 63.2 cm³/mol. The molecule has 1 N–H and O–H groups in total. The summed E-state index contributed by atoms with van der Waals surface area (Å²) in [5.41, 5.74) is 1.77. The summed E-state index contributed by atoms with van der Waals surface area (Å²) in [6, 6.07) is 5.36. The number of carboxylic acids is 1. The van der Waals surface area contributed by atoms with Crippen LogP contribution in [-0.4, -0.2) is 11.1 Å². The monoisotopic (exact) mass is 232 g/mol. The molecule has 0 radical (unpaired) electrons. The summed E-state index contributed by atoms with van der Waals surface area (Å²) in [5.74, 6) is -0.922. The molecule has 0 aliphatic rings. The molecule has 17 heavy (non-hydrogen) atoms. The fourth-order valence-electron chi connectivity index (χ4n) is 1.70. The van der Waals surface area contributed by atoms with Crippen LogP contribution >= 0.6 is 0 Å². The Bertz CT molecular complexity index is 625. The second-order valence-electron chi connectivity index (χ2n) is 3.98. The van der Waals surface area contributed by atoms with Gasteiger partial charge in [0.25, 0.3) is 0 Å². The van der Waals surface area contributed by atoms with Crippen molar-refractivity contribution < 1.29 is 14.3 Å². The Morgan fingerprint density at radius 3 is 2.88 bits per heavy atom. The van der Waals surface area contributed by atoms with Crippen LogP contribution < -0.4 is 5.43 Å². The van der Waals surface area contributed by atoms with Crippen LogP contribution in [0.2, 0.25) is 0 Å². The smallest absolute Gasteiger partial charge is 0.303 e. The fourth-order valence-corrected chi connectivity index (χ4v) is 1.70. The molecule has 4 nitrogen and oxygen atoms in total. The van der Waals surface area contributed by atoms with Crippen molar-refractivity contribution in [1.82, 2.24) is 0 Å². The van der Waals surface area contributed by atoms with Crippen molar-refractivity contribution in [3.63, 3.8) is 0 Å². The van der Waals surface area contributed by atoms with E-state index in [1.165, 1.54) is 6.26 Å². The second kappa shape index (κ2) is 4.41. The topological polar surface area (TPSA) is 67.5 Å². The van der Waals surface area contributed by atoms with Crippen LogP contribution in [0.1, 0.15) is 17.5 Å². The highest BCUT2D eigenvalue weighted by molar-refractivity contribution is 5.77. The molecule has 2 rings (SSSR count). The van der Waals surface area contributed by atoms with Crippen LogP contribution in [0, 0.1) is 6.92 Å². The van der Waals surface area contributed by atoms with Crippen molar-refractivity contribution in [1.29, 1.82) is 0 Å². The molecule has 2 aromatic rings. The summed E-state index contributed by atoms with van der Waals surface area (Å²) in [7, 11) is 0. The summed E-state index contributed by atoms with van der Waals surface area (Å²) in [6.45, 7) is 1.89. The minimum atomic E-state index is -0.922. The van der Waals surface area contributed by atoms with E-state index in [1.807, 2.05) is 13.0 Å². The van der Waals surface area contributed by atoms with Gasteiger partial charge in [0.05, 0.1) is 11.6 Å². The summed E-state index contributed by atoms with van der Waals surface area (Å²) in [6.07, 6.45) is 1.48. The van der Waals surface area contributed by atoms with Crippen LogP contribution in [-0.2, 0) is 11.2 Å². The molecule has 0 aliphatic carbocycles. The third kappa shape index (κ3) is 2.36. The van der Waals surface area contributed by atoms with Gasteiger partial charge in [-0.15, -0.1) is 0 Å². The van der Waals surface area contributed by atoms with E-state index in [4.69, 9.17) is 9.52 Å². The summed E-state index contributed by atoms with van der Waals surface area (Å²) in [4.78, 5) is 22.5. The van der Waals surface area contributed by atoms with Gasteiger partial charge in [-0.05, 0) is 25.5 Å². The molecule has 0 saturated carbocycles. The Hall–Kier alpha value is -2.10. The molecule has 0 aliphatic heterocycles. The first-order valence-corrected chi connectivity index (χ1v) is 5.31. The van der Waals surface area contributed by atoms with E-state index in [-0.39, 0.29) is 18.3 Å². The number of carboxylic acid groups (broad SMARTS) is 1. The average molecular weight is 232 g/mol. The lowest BCUT2D eigenvalue weighted by atomic mass is 10.1. The van der Waals surface area contributed by atoms with Gasteiger partial charge in [-0.3, -0.25) is 9.59 Å². The van der Waals surface area contributed by atoms with Gasteiger partial charge in [0, 0.05) is 12.0 Å². The van der Waals surface area contributed by atoms with Gasteiger partial charge >= 0.3 is 5.97 Å². The lowest BCUT2D eigenvalue weighted by Crippen LogP contribution is -2.10. The van der Waals surface area contributed by atoms with E-state index in [9.17, 15) is 9.59 Å². The number of aliphatic carboxylic acids is 1. The third-order valence-electron chi connectivity index (χ3n) is 2.61. The van der Waals surface area contributed by atoms with Crippen molar-refractivity contribution in [3.8, 4) is 0 Å². The maximum absolute atomic E-state index is 12.0. The van der Waals surface area contributed by atoms with Crippen LogP contribution in [0.15, 0.2) is 33.7 Å². The van der Waals surface area contributed by atoms with E-state index >= 15 is 0 Å². The highest BCUT2D eigenvalue weighted by Crippen LogP contribution is 2.13. The number of fused-ring (bicyclic) bond motifs is 1. The Labute approximate surface area is 97.5 Å². The van der Waals surface area contributed by atoms with Crippen LogP contribution in [0.5, 0.6) is 0 Å². The molecule has 1 heterocycles. The van der Waals surface area contributed by atoms with Crippen LogP contribution in [0.25, 0.3) is 11.0 Å². The van der Waals surface area contributed by atoms with Gasteiger partial charge in [0.15, 0.2) is 5.43 Å². The number of hydrogen-bond acceptors (Lipinski definition) is 3. The number of benzene rings is 1. The number of aryl methyl sites for hydroxylation is 2. The van der Waals surface area contributed by atoms with Gasteiger partial charge in [-0.2, -0.15) is 0 Å². The molecule has 1 aromatic carbocycles. The van der Waals surface area contributed by atoms with Gasteiger partial charge < -0.3 is 9.52 Å². The van der Waals surface area contributed by atoms with Crippen molar-refractivity contribution in [2.75, 3.05) is 0 Å². The molecule has 0 atom stereocenters. The second-order valence-corrected chi connectivity index (χ2v) is 3.98. The zero-order valence-electron chi connectivity index (χ0n) is 9.40. The molecular weight excluding hydrogens is 220 g/mol. The molecule has 4 heteroatoms. The average Bonchev–Trinajstić information content (AvgIpc) is 2.29. The van der Waals surface area contributed by atoms with Crippen molar-refractivity contribution in [2.24, 2.45) is 0 Å². The van der Waals surface area contributed by atoms with E-state index in [0.717, 1.165) is 5.56 Å². The summed E-state index contributed by atoms with van der Waals surface area (Å²) < 4.78 is 5.32. The van der Waals surface area contributed by atoms with E-state index in [1.54, 1.807) is 12.1 Å². The summed E-state index contributed by atoms with van der Waals surface area (Å²) in [5, 5.41) is 9.10. The minimum absolute atomic E-state index is 0.0674. The molecular formula is C13H12O4. The van der Waals surface area contributed by atoms with Gasteiger partial charge in [0.2, 0.25) is 0 Å². The number of rotatable bonds is 3. The molecule has 88 valence electrons. The standard InChI is InChI=1S/C13H12O4/c1-8-2-4-11-10(6-8)13(16)9(7-17-11)3-5-12(14)15/h2,4,6-7H,3,5H2,1H3,(H,14,15). The van der Waals surface area contributed by atoms with Crippen LogP contribution in [0.4, 0.5) is 0 Å². The van der Waals surface area contributed by atoms with Crippen LogP contribution in [0.3, 0.4) is 0 Å². The lowest BCUT2D eigenvalue weighted by molar-refractivity contribution is -0.136. The minimum Gasteiger partial charge on any atom is -0.481 e. The lowest BCUT2D eigenvalue weighted by Gasteiger charge is -2.01. The molecule has 0 fully saturated rings. The largest absolute Gasteiger partial charge is 0.481 e. The molecule has 0 spiro atoms. The third-order valence-corrected chi connectivity index (χ3v) is 2.61. The van der Waals surface area contributed by atoms with Crippen molar-refractivity contribution in [2.45, 2.75) is 19.8 Å². The highest BCUT2D eigenvalue weighted by Gasteiger charge is 2.08. The van der Waals surface area contributed by atoms with Gasteiger partial charge in [-0.25, -0.2) is 0 Å². The maximum Gasteiger partial charge on any atom is 0.303 e. The zero-order chi connectivity index (χ0) is 12.4. The normalized spacial score (nSPS) is 10.6. The first-order valence-electron chi connectivity index (χ1n) is 5.31. The maximum atomic E-state index is 12.0. The number of carbonyl (C=O) groups is 1. The van der Waals surface area contributed by atoms with E-state index < -0.39 is 5.97 Å². The van der Waals surface area contributed by atoms with Gasteiger partial charge in [-0.1, -0.05) is 11.6 Å². The molecule has 1 aromatic heterocycles. The van der Waals surface area contributed by atoms with Crippen molar-refractivity contribution >= 4 is 16.9 Å². The number of hydrogen-bond donors (Lipinski definition) is 1. The first kappa shape index (κ1) is 11.4. The predicted octanol–water partition coefficient (Wildman–Crippen LogP) is 2.12. The summed E-state index contributed by atoms with van der Waals surface area (Å²) >= 11 is 0. The first-order chi connectivity index (χ1) is 8.08. The van der Waals surface area contributed by atoms with E-state index in [2.05, 4.69) is 0 Å². The molecule has 0 saturated heterocycles. The molecule has 0 unspecified atom stereocenters. The Balaban J connectivity index is 2.49. The Morgan fingerprint density at radius 1 is 1.41 bits per heavy atom. The van der Waals surface area contributed by atoms with E-state index in [0.29, 0.717) is 16.5 Å². The highest BCUT2D eigenvalue weighted by atomic mass is 16.4. The zero-order valence-corrected chi connectivity index (χ0v) is 9.40. The van der Waals surface area contributed by atoms with Gasteiger partial charge in [0.1, 0.15) is 5.58 Å². The van der Waals surface area contributed by atoms with Crippen molar-refractivity contribution in [3.05, 3.63) is 45.8 Å². The molecule has 0 amide bonds. The SMILES string of the molecule is Cc1ccc2occ(CCC(=O)O)c(=O)c2c1. The molecule has 0 bridgehead atoms. The fraction of sp³-hybridized carbons (Fsp3) is 0.231. The Kier molecular flexibility index (Phi) is 2.95. The quantitative estimate of drug-likeness (QED) is 0.880.